The van der Waals surface area contributed by atoms with Gasteiger partial charge in [0.2, 0.25) is 23.6 Å². The minimum Gasteiger partial charge on any atom is -0.352 e. The SMILES string of the molecule is CCC(C)C(C(=O)NC(CCNC(=O)c1cc(F)cc(F)c1)C(=O)NO)N(C)C(=O)[C@@H]1CCCN1C(=O)C(C)N(C)C(C)=O. The molecule has 0 aliphatic carbocycles. The van der Waals surface area contributed by atoms with Gasteiger partial charge in [0.05, 0.1) is 0 Å². The number of benzene rings is 1. The van der Waals surface area contributed by atoms with E-state index < -0.39 is 65.3 Å². The van der Waals surface area contributed by atoms with Crippen molar-refractivity contribution in [1.82, 2.24) is 30.8 Å². The van der Waals surface area contributed by atoms with Crippen molar-refractivity contribution in [1.29, 1.82) is 0 Å². The number of carbonyl (C=O) groups is 6. The molecule has 244 valence electrons. The summed E-state index contributed by atoms with van der Waals surface area (Å²) in [6.45, 7) is 6.57. The third kappa shape index (κ3) is 8.94. The Bertz CT molecular complexity index is 1230. The third-order valence-electron chi connectivity index (χ3n) is 8.06. The molecule has 13 nitrogen and oxygen atoms in total. The van der Waals surface area contributed by atoms with Gasteiger partial charge in [-0.3, -0.25) is 34.0 Å². The Morgan fingerprint density at radius 1 is 1.02 bits per heavy atom. The summed E-state index contributed by atoms with van der Waals surface area (Å²) in [5, 5.41) is 14.2. The highest BCUT2D eigenvalue weighted by molar-refractivity contribution is 5.96. The van der Waals surface area contributed by atoms with Gasteiger partial charge in [0.1, 0.15) is 35.8 Å². The van der Waals surface area contributed by atoms with E-state index in [2.05, 4.69) is 10.6 Å². The summed E-state index contributed by atoms with van der Waals surface area (Å²) >= 11 is 0. The normalized spacial score (nSPS) is 17.1. The Kier molecular flexibility index (Phi) is 13.2. The lowest BCUT2D eigenvalue weighted by molar-refractivity contribution is -0.151. The van der Waals surface area contributed by atoms with Crippen molar-refractivity contribution >= 4 is 35.4 Å². The van der Waals surface area contributed by atoms with E-state index in [4.69, 9.17) is 0 Å². The molecule has 5 atom stereocenters. The van der Waals surface area contributed by atoms with E-state index in [1.54, 1.807) is 13.8 Å². The van der Waals surface area contributed by atoms with E-state index in [9.17, 15) is 42.8 Å². The van der Waals surface area contributed by atoms with Crippen LogP contribution >= 0.6 is 0 Å². The molecule has 4 N–H and O–H groups in total. The first-order chi connectivity index (χ1) is 20.6. The molecular weight excluding hydrogens is 582 g/mol. The highest BCUT2D eigenvalue weighted by Crippen LogP contribution is 2.24. The van der Waals surface area contributed by atoms with Gasteiger partial charge in [-0.2, -0.15) is 0 Å². The maximum absolute atomic E-state index is 13.7. The Morgan fingerprint density at radius 2 is 1.64 bits per heavy atom. The number of likely N-dealkylation sites (tertiary alicyclic amines) is 1. The Hall–Kier alpha value is -4.14. The van der Waals surface area contributed by atoms with Gasteiger partial charge >= 0.3 is 0 Å². The molecular formula is C29H42F2N6O7. The van der Waals surface area contributed by atoms with Gasteiger partial charge in [-0.05, 0) is 44.2 Å². The first-order valence-electron chi connectivity index (χ1n) is 14.4. The zero-order chi connectivity index (χ0) is 33.3. The number of halogens is 2. The highest BCUT2D eigenvalue weighted by Gasteiger charge is 2.42. The molecule has 1 aliphatic rings. The minimum absolute atomic E-state index is 0.209. The summed E-state index contributed by atoms with van der Waals surface area (Å²) in [4.78, 5) is 80.9. The van der Waals surface area contributed by atoms with E-state index in [0.717, 1.165) is 12.1 Å². The van der Waals surface area contributed by atoms with E-state index in [1.807, 2.05) is 6.92 Å². The van der Waals surface area contributed by atoms with Crippen LogP contribution in [0.3, 0.4) is 0 Å². The number of likely N-dealkylation sites (N-methyl/N-ethyl adjacent to an activating group) is 2. The van der Waals surface area contributed by atoms with Crippen molar-refractivity contribution in [2.45, 2.75) is 77.5 Å². The van der Waals surface area contributed by atoms with Crippen molar-refractivity contribution in [3.05, 3.63) is 35.4 Å². The van der Waals surface area contributed by atoms with Gasteiger partial charge < -0.3 is 25.3 Å². The number of hydrogen-bond donors (Lipinski definition) is 4. The maximum atomic E-state index is 13.7. The molecule has 0 saturated carbocycles. The second-order valence-electron chi connectivity index (χ2n) is 11.0. The summed E-state index contributed by atoms with van der Waals surface area (Å²) in [5.41, 5.74) is 1.18. The molecule has 0 bridgehead atoms. The maximum Gasteiger partial charge on any atom is 0.265 e. The molecule has 0 aromatic heterocycles. The average Bonchev–Trinajstić information content (AvgIpc) is 3.47. The van der Waals surface area contributed by atoms with E-state index in [1.165, 1.54) is 41.2 Å². The molecule has 44 heavy (non-hydrogen) atoms. The second-order valence-corrected chi connectivity index (χ2v) is 11.0. The summed E-state index contributed by atoms with van der Waals surface area (Å²) in [5.74, 6) is -5.97. The van der Waals surface area contributed by atoms with Crippen LogP contribution in [0.5, 0.6) is 0 Å². The molecule has 1 aromatic rings. The van der Waals surface area contributed by atoms with Crippen LogP contribution < -0.4 is 16.1 Å². The molecule has 6 amide bonds. The van der Waals surface area contributed by atoms with Gasteiger partial charge in [-0.1, -0.05) is 20.3 Å². The number of amides is 6. The van der Waals surface area contributed by atoms with Gasteiger partial charge in [-0.25, -0.2) is 14.3 Å². The smallest absolute Gasteiger partial charge is 0.265 e. The number of carbonyl (C=O) groups excluding carboxylic acids is 6. The fraction of sp³-hybridized carbons (Fsp3) is 0.586. The Morgan fingerprint density at radius 3 is 2.18 bits per heavy atom. The van der Waals surface area contributed by atoms with Crippen molar-refractivity contribution in [3.8, 4) is 0 Å². The van der Waals surface area contributed by atoms with Crippen molar-refractivity contribution < 1.29 is 42.8 Å². The van der Waals surface area contributed by atoms with E-state index in [0.29, 0.717) is 31.9 Å². The largest absolute Gasteiger partial charge is 0.352 e. The van der Waals surface area contributed by atoms with Gasteiger partial charge in [0.25, 0.3) is 11.8 Å². The number of hydroxylamine groups is 1. The van der Waals surface area contributed by atoms with Crippen LogP contribution in [-0.2, 0) is 24.0 Å². The number of nitrogens with zero attached hydrogens (tertiary/aromatic N) is 3. The van der Waals surface area contributed by atoms with Gasteiger partial charge in [0.15, 0.2) is 0 Å². The Labute approximate surface area is 255 Å². The van der Waals surface area contributed by atoms with Crippen LogP contribution in [0.1, 0.15) is 63.7 Å². The monoisotopic (exact) mass is 624 g/mol. The molecule has 4 unspecified atom stereocenters. The fourth-order valence-electron chi connectivity index (χ4n) is 5.10. The number of nitrogens with one attached hydrogen (secondary N) is 3. The summed E-state index contributed by atoms with van der Waals surface area (Å²) in [6.07, 6.45) is 1.18. The number of hydrogen-bond acceptors (Lipinski definition) is 7. The molecule has 1 saturated heterocycles. The molecule has 15 heteroatoms. The van der Waals surface area contributed by atoms with E-state index in [-0.39, 0.29) is 30.3 Å². The van der Waals surface area contributed by atoms with Gasteiger partial charge in [0, 0.05) is 45.7 Å². The lowest BCUT2D eigenvalue weighted by Crippen LogP contribution is -2.59. The standard InChI is InChI=1S/C29H42F2N6O7/c1-7-16(2)24(36(6)29(43)23-9-8-12-37(23)28(42)17(3)35(5)18(4)38)27(41)33-22(26(40)34-44)10-11-32-25(39)19-13-20(30)15-21(31)14-19/h13-17,22-24,44H,7-12H2,1-6H3,(H,32,39)(H,33,41)(H,34,40)/t16?,17?,22?,23-,24?/m0/s1. The summed E-state index contributed by atoms with van der Waals surface area (Å²) in [6, 6.07) is -1.78. The topological polar surface area (TPSA) is 168 Å². The quantitative estimate of drug-likeness (QED) is 0.186. The minimum atomic E-state index is -1.35. The molecule has 1 fully saturated rings. The average molecular weight is 625 g/mol. The lowest BCUT2D eigenvalue weighted by atomic mass is 9.95. The third-order valence-corrected chi connectivity index (χ3v) is 8.06. The van der Waals surface area contributed by atoms with Crippen LogP contribution in [0.4, 0.5) is 8.78 Å². The lowest BCUT2D eigenvalue weighted by Gasteiger charge is -2.37. The van der Waals surface area contributed by atoms with E-state index >= 15 is 0 Å². The van der Waals surface area contributed by atoms with Gasteiger partial charge in [-0.15, -0.1) is 0 Å². The van der Waals surface area contributed by atoms with Crippen molar-refractivity contribution in [2.75, 3.05) is 27.2 Å². The predicted octanol–water partition coefficient (Wildman–Crippen LogP) is 0.806. The molecule has 0 spiro atoms. The van der Waals surface area contributed by atoms with Crippen molar-refractivity contribution in [2.24, 2.45) is 5.92 Å². The molecule has 0 radical (unpaired) electrons. The highest BCUT2D eigenvalue weighted by atomic mass is 19.1. The van der Waals surface area contributed by atoms with Crippen LogP contribution in [0.2, 0.25) is 0 Å². The zero-order valence-electron chi connectivity index (χ0n) is 25.9. The first-order valence-corrected chi connectivity index (χ1v) is 14.4. The molecule has 2 rings (SSSR count). The molecule has 1 heterocycles. The van der Waals surface area contributed by atoms with Crippen LogP contribution in [-0.4, -0.2) is 107 Å². The predicted molar refractivity (Wildman–Crippen MR) is 154 cm³/mol. The molecule has 1 aliphatic heterocycles. The van der Waals surface area contributed by atoms with Crippen LogP contribution in [0.15, 0.2) is 18.2 Å². The second kappa shape index (κ2) is 16.1. The van der Waals surface area contributed by atoms with Crippen LogP contribution in [0, 0.1) is 17.6 Å². The first kappa shape index (κ1) is 36.1. The fourth-order valence-corrected chi connectivity index (χ4v) is 5.10. The zero-order valence-corrected chi connectivity index (χ0v) is 25.9. The van der Waals surface area contributed by atoms with Crippen LogP contribution in [0.25, 0.3) is 0 Å². The summed E-state index contributed by atoms with van der Waals surface area (Å²) in [7, 11) is 2.93. The molecule has 1 aromatic carbocycles. The van der Waals surface area contributed by atoms with Crippen molar-refractivity contribution in [3.63, 3.8) is 0 Å². The Balaban J connectivity index is 2.17. The summed E-state index contributed by atoms with van der Waals surface area (Å²) < 4.78 is 26.9. The number of rotatable bonds is 13.